The highest BCUT2D eigenvalue weighted by Gasteiger charge is 2.54. The molecule has 0 saturated carbocycles. The Morgan fingerprint density at radius 1 is 1.44 bits per heavy atom. The first-order chi connectivity index (χ1) is 15.3. The van der Waals surface area contributed by atoms with Crippen molar-refractivity contribution in [3.05, 3.63) is 40.7 Å². The first kappa shape index (κ1) is 21.6. The lowest BCUT2D eigenvalue weighted by molar-refractivity contribution is -0.155. The smallest absolute Gasteiger partial charge is 0.353 e. The number of thioether (sulfide) groups is 1. The highest BCUT2D eigenvalue weighted by molar-refractivity contribution is 8.03. The maximum Gasteiger partial charge on any atom is 0.353 e. The van der Waals surface area contributed by atoms with E-state index in [9.17, 15) is 23.9 Å². The molecule has 2 aliphatic heterocycles. The molecule has 1 saturated heterocycles. The number of nitrogen functional groups attached to an aromatic ring is 1. The maximum absolute atomic E-state index is 14.0. The molecule has 15 heteroatoms. The second kappa shape index (κ2) is 8.51. The van der Waals surface area contributed by atoms with E-state index in [-0.39, 0.29) is 28.0 Å². The van der Waals surface area contributed by atoms with E-state index >= 15 is 0 Å². The van der Waals surface area contributed by atoms with E-state index in [1.165, 1.54) is 12.3 Å². The van der Waals surface area contributed by atoms with Gasteiger partial charge in [0.1, 0.15) is 11.7 Å². The van der Waals surface area contributed by atoms with Gasteiger partial charge in [0, 0.05) is 22.6 Å². The second-order valence-corrected chi connectivity index (χ2v) is 8.58. The largest absolute Gasteiger partial charge is 0.477 e. The molecule has 12 nitrogen and oxygen atoms in total. The van der Waals surface area contributed by atoms with Gasteiger partial charge < -0.3 is 21.4 Å². The SMILES string of the molecule is Nc1nc(/C(=N/O)C(=O)NC2C(=O)N3C(C(=O)O)=C(Sc4ccncc4F)CCC23)ns1. The zero-order valence-electron chi connectivity index (χ0n) is 15.9. The number of hydrogen-bond donors (Lipinski definition) is 4. The third kappa shape index (κ3) is 3.75. The first-order valence-electron chi connectivity index (χ1n) is 9.01. The molecular weight excluding hydrogens is 465 g/mol. The Morgan fingerprint density at radius 3 is 2.84 bits per heavy atom. The van der Waals surface area contributed by atoms with Crippen LogP contribution >= 0.6 is 23.3 Å². The summed E-state index contributed by atoms with van der Waals surface area (Å²) >= 11 is 1.71. The number of halogens is 1. The molecule has 2 aliphatic rings. The summed E-state index contributed by atoms with van der Waals surface area (Å²) in [7, 11) is 0. The van der Waals surface area contributed by atoms with Gasteiger partial charge in [0.05, 0.1) is 17.1 Å². The number of hydrogen-bond acceptors (Lipinski definition) is 11. The highest BCUT2D eigenvalue weighted by atomic mass is 32.2. The molecule has 0 aromatic carbocycles. The first-order valence-corrected chi connectivity index (χ1v) is 10.6. The van der Waals surface area contributed by atoms with Gasteiger partial charge in [0.15, 0.2) is 10.9 Å². The van der Waals surface area contributed by atoms with Gasteiger partial charge in [-0.3, -0.25) is 19.5 Å². The number of aliphatic carboxylic acids is 1. The minimum Gasteiger partial charge on any atom is -0.477 e. The summed E-state index contributed by atoms with van der Waals surface area (Å²) in [6.07, 6.45) is 2.97. The van der Waals surface area contributed by atoms with Gasteiger partial charge >= 0.3 is 5.97 Å². The Hall–Kier alpha value is -3.59. The van der Waals surface area contributed by atoms with Crippen LogP contribution in [0.25, 0.3) is 0 Å². The number of allylic oxidation sites excluding steroid dienone is 1. The van der Waals surface area contributed by atoms with E-state index in [0.717, 1.165) is 34.4 Å². The molecule has 0 aliphatic carbocycles. The lowest BCUT2D eigenvalue weighted by atomic mass is 9.86. The summed E-state index contributed by atoms with van der Waals surface area (Å²) in [4.78, 5) is 46.1. The molecule has 2 aromatic rings. The van der Waals surface area contributed by atoms with Crippen LogP contribution in [0.2, 0.25) is 0 Å². The molecule has 4 rings (SSSR count). The maximum atomic E-state index is 14.0. The lowest BCUT2D eigenvalue weighted by Gasteiger charge is -2.50. The Morgan fingerprint density at radius 2 is 2.22 bits per heavy atom. The Kier molecular flexibility index (Phi) is 5.75. The van der Waals surface area contributed by atoms with Crippen molar-refractivity contribution in [2.24, 2.45) is 5.16 Å². The predicted octanol–water partition coefficient (Wildman–Crippen LogP) is 0.411. The van der Waals surface area contributed by atoms with Crippen LogP contribution in [-0.4, -0.2) is 65.1 Å². The Labute approximate surface area is 187 Å². The second-order valence-electron chi connectivity index (χ2n) is 6.66. The Balaban J connectivity index is 1.54. The summed E-state index contributed by atoms with van der Waals surface area (Å²) in [6.45, 7) is 0. The molecule has 2 unspecified atom stereocenters. The van der Waals surface area contributed by atoms with Crippen LogP contribution in [0.5, 0.6) is 0 Å². The minimum atomic E-state index is -1.34. The summed E-state index contributed by atoms with van der Waals surface area (Å²) in [6, 6.07) is -0.250. The van der Waals surface area contributed by atoms with Crippen LogP contribution < -0.4 is 11.1 Å². The van der Waals surface area contributed by atoms with Gasteiger partial charge in [-0.2, -0.15) is 9.36 Å². The van der Waals surface area contributed by atoms with Crippen LogP contribution in [0.15, 0.2) is 39.1 Å². The summed E-state index contributed by atoms with van der Waals surface area (Å²) in [5.74, 6) is -3.72. The number of nitrogens with two attached hydrogens (primary N) is 1. The zero-order valence-corrected chi connectivity index (χ0v) is 17.6. The Bertz CT molecular complexity index is 1180. The summed E-state index contributed by atoms with van der Waals surface area (Å²) in [5, 5.41) is 24.2. The third-order valence-electron chi connectivity index (χ3n) is 4.82. The normalized spacial score (nSPS) is 20.6. The fraction of sp³-hybridized carbons (Fsp3) is 0.235. The predicted molar refractivity (Wildman–Crippen MR) is 109 cm³/mol. The van der Waals surface area contributed by atoms with E-state index in [1.807, 2.05) is 0 Å². The number of carbonyl (C=O) groups excluding carboxylic acids is 2. The molecule has 32 heavy (non-hydrogen) atoms. The number of carboxylic acid groups (broad SMARTS) is 1. The van der Waals surface area contributed by atoms with Crippen LogP contribution in [0.3, 0.4) is 0 Å². The van der Waals surface area contributed by atoms with Crippen molar-refractivity contribution in [3.63, 3.8) is 0 Å². The van der Waals surface area contributed by atoms with Gasteiger partial charge in [0.2, 0.25) is 11.5 Å². The number of amides is 2. The number of pyridine rings is 1. The number of carboxylic acids is 1. The van der Waals surface area contributed by atoms with Crippen molar-refractivity contribution in [3.8, 4) is 0 Å². The number of carbonyl (C=O) groups is 3. The van der Waals surface area contributed by atoms with Crippen LogP contribution in [0, 0.1) is 5.82 Å². The number of nitrogens with one attached hydrogen (secondary N) is 1. The van der Waals surface area contributed by atoms with Gasteiger partial charge in [-0.1, -0.05) is 16.9 Å². The zero-order chi connectivity index (χ0) is 23.0. The monoisotopic (exact) mass is 479 g/mol. The van der Waals surface area contributed by atoms with Crippen molar-refractivity contribution in [1.29, 1.82) is 0 Å². The van der Waals surface area contributed by atoms with Crippen molar-refractivity contribution in [1.82, 2.24) is 24.6 Å². The van der Waals surface area contributed by atoms with Gasteiger partial charge in [-0.25, -0.2) is 9.18 Å². The topological polar surface area (TPSA) is 184 Å². The number of β-lactam (4-membered cyclic amide) rings is 1. The third-order valence-corrected chi connectivity index (χ3v) is 6.56. The molecule has 166 valence electrons. The standard InChI is InChI=1S/C17H14FN7O5S2/c18-6-5-20-4-3-8(6)31-9-2-1-7-10(15(27)25(7)12(9)16(28)29)21-14(26)11(23-30)13-22-17(19)32-24-13/h3-5,7,10,30H,1-2H2,(H,21,26)(H,28,29)(H2,19,22,24)/b23-11-. The lowest BCUT2D eigenvalue weighted by Crippen LogP contribution is -2.72. The van der Waals surface area contributed by atoms with Gasteiger partial charge in [-0.15, -0.1) is 0 Å². The molecule has 0 spiro atoms. The molecule has 5 N–H and O–H groups in total. The fourth-order valence-electron chi connectivity index (χ4n) is 3.44. The van der Waals surface area contributed by atoms with Gasteiger partial charge in [0.25, 0.3) is 11.8 Å². The van der Waals surface area contributed by atoms with Crippen LogP contribution in [0.4, 0.5) is 9.52 Å². The quantitative estimate of drug-likeness (QED) is 0.196. The molecular formula is C17H14FN7O5S2. The number of nitrogens with zero attached hydrogens (tertiary/aromatic N) is 5. The molecule has 2 amide bonds. The summed E-state index contributed by atoms with van der Waals surface area (Å²) in [5.41, 5.74) is 4.68. The van der Waals surface area contributed by atoms with Crippen LogP contribution in [-0.2, 0) is 14.4 Å². The van der Waals surface area contributed by atoms with E-state index < -0.39 is 41.4 Å². The van der Waals surface area contributed by atoms with E-state index in [4.69, 9.17) is 10.9 Å². The molecule has 1 fully saturated rings. The summed E-state index contributed by atoms with van der Waals surface area (Å²) < 4.78 is 17.8. The average molecular weight is 479 g/mol. The number of fused-ring (bicyclic) bond motifs is 1. The molecule has 0 bridgehead atoms. The van der Waals surface area contributed by atoms with Gasteiger partial charge in [-0.05, 0) is 18.9 Å². The van der Waals surface area contributed by atoms with E-state index in [0.29, 0.717) is 11.3 Å². The fourth-order valence-corrected chi connectivity index (χ4v) is 4.92. The number of rotatable bonds is 6. The van der Waals surface area contributed by atoms with Crippen molar-refractivity contribution in [2.75, 3.05) is 5.73 Å². The van der Waals surface area contributed by atoms with Crippen molar-refractivity contribution < 1.29 is 29.1 Å². The van der Waals surface area contributed by atoms with E-state index in [2.05, 4.69) is 24.8 Å². The number of anilines is 1. The molecule has 2 aromatic heterocycles. The van der Waals surface area contributed by atoms with Crippen LogP contribution in [0.1, 0.15) is 18.7 Å². The molecule has 2 atom stereocenters. The minimum absolute atomic E-state index is 0.0547. The van der Waals surface area contributed by atoms with Crippen molar-refractivity contribution >= 4 is 51.9 Å². The van der Waals surface area contributed by atoms with E-state index in [1.54, 1.807) is 0 Å². The average Bonchev–Trinajstić information content (AvgIpc) is 3.19. The number of aromatic nitrogens is 3. The highest BCUT2D eigenvalue weighted by Crippen LogP contribution is 2.43. The molecule has 0 radical (unpaired) electrons. The molecule has 4 heterocycles. The number of oxime groups is 1. The van der Waals surface area contributed by atoms with Crippen molar-refractivity contribution in [2.45, 2.75) is 29.8 Å².